The van der Waals surface area contributed by atoms with E-state index >= 15 is 0 Å². The molecule has 31 heavy (non-hydrogen) atoms. The summed E-state index contributed by atoms with van der Waals surface area (Å²) in [5.74, 6) is -2.76. The van der Waals surface area contributed by atoms with Gasteiger partial charge in [-0.05, 0) is 55.1 Å². The first-order valence-electron chi connectivity index (χ1n) is 9.95. The highest BCUT2D eigenvalue weighted by molar-refractivity contribution is 6.12. The molecule has 2 aliphatic heterocycles. The zero-order chi connectivity index (χ0) is 21.8. The first-order chi connectivity index (χ1) is 14.9. The number of carbonyl (C=O) groups excluding carboxylic acids is 2. The maximum Gasteiger partial charge on any atom is 0.250 e. The van der Waals surface area contributed by atoms with Crippen LogP contribution in [0.5, 0.6) is 0 Å². The molecule has 3 unspecified atom stereocenters. The third-order valence-electron chi connectivity index (χ3n) is 6.44. The number of benzene rings is 2. The third kappa shape index (κ3) is 2.80. The number of ketones is 1. The molecule has 2 aliphatic rings. The van der Waals surface area contributed by atoms with E-state index in [9.17, 15) is 18.4 Å². The number of nitrogens with one attached hydrogen (secondary N) is 1. The first kappa shape index (κ1) is 19.5. The van der Waals surface area contributed by atoms with E-state index in [0.717, 1.165) is 5.56 Å². The lowest BCUT2D eigenvalue weighted by molar-refractivity contribution is -0.126. The highest BCUT2D eigenvalue weighted by Gasteiger charge is 2.64. The quantitative estimate of drug-likeness (QED) is 0.657. The van der Waals surface area contributed by atoms with Gasteiger partial charge in [-0.25, -0.2) is 8.78 Å². The van der Waals surface area contributed by atoms with Gasteiger partial charge in [-0.15, -0.1) is 0 Å². The van der Waals surface area contributed by atoms with Gasteiger partial charge < -0.3 is 5.32 Å². The van der Waals surface area contributed by atoms with Crippen LogP contribution >= 0.6 is 0 Å². The molecule has 1 fully saturated rings. The van der Waals surface area contributed by atoms with Crippen LogP contribution in [0, 0.1) is 17.6 Å². The molecular weight excluding hydrogens is 400 g/mol. The minimum absolute atomic E-state index is 0.265. The Bertz CT molecular complexity index is 1180. The van der Waals surface area contributed by atoms with Gasteiger partial charge in [0, 0.05) is 41.7 Å². The van der Waals surface area contributed by atoms with Crippen molar-refractivity contribution in [1.29, 1.82) is 0 Å². The Morgan fingerprint density at radius 1 is 1.13 bits per heavy atom. The fourth-order valence-electron chi connectivity index (χ4n) is 5.11. The average Bonchev–Trinajstić information content (AvgIpc) is 3.24. The van der Waals surface area contributed by atoms with Crippen LogP contribution in [-0.2, 0) is 10.3 Å². The number of anilines is 1. The van der Waals surface area contributed by atoms with Crippen LogP contribution in [0.1, 0.15) is 27.4 Å². The van der Waals surface area contributed by atoms with E-state index in [-0.39, 0.29) is 17.5 Å². The highest BCUT2D eigenvalue weighted by atomic mass is 19.1. The minimum atomic E-state index is -1.39. The Hall–Kier alpha value is -3.45. The zero-order valence-electron chi connectivity index (χ0n) is 16.7. The van der Waals surface area contributed by atoms with Crippen molar-refractivity contribution in [3.8, 4) is 0 Å². The monoisotopic (exact) mass is 419 g/mol. The fourth-order valence-corrected chi connectivity index (χ4v) is 5.11. The van der Waals surface area contributed by atoms with E-state index in [4.69, 9.17) is 0 Å². The van der Waals surface area contributed by atoms with Crippen molar-refractivity contribution in [2.45, 2.75) is 11.5 Å². The molecule has 0 saturated carbocycles. The maximum atomic E-state index is 14.3. The second kappa shape index (κ2) is 7.06. The molecule has 3 aromatic rings. The number of likely N-dealkylation sites (tertiary alicyclic amines) is 1. The number of carbonyl (C=O) groups is 2. The number of likely N-dealkylation sites (N-methyl/N-ethyl adjacent to an activating group) is 1. The van der Waals surface area contributed by atoms with Crippen molar-refractivity contribution in [2.24, 2.45) is 5.92 Å². The molecule has 5 rings (SSSR count). The van der Waals surface area contributed by atoms with Crippen molar-refractivity contribution < 1.29 is 18.4 Å². The standard InChI is InChI=1S/C24H19F2N3O2/c1-29-13-18(14-4-6-16(25)7-5-14)21(22(30)15-3-2-10-27-12-15)24(29)19-11-17(26)8-9-20(19)28-23(24)31/h2-12,18,21H,13H2,1H3,(H,28,31). The van der Waals surface area contributed by atoms with E-state index in [1.54, 1.807) is 42.4 Å². The van der Waals surface area contributed by atoms with Crippen LogP contribution < -0.4 is 5.32 Å². The summed E-state index contributed by atoms with van der Waals surface area (Å²) in [5, 5.41) is 2.83. The second-order valence-electron chi connectivity index (χ2n) is 8.03. The number of halogens is 2. The van der Waals surface area contributed by atoms with Crippen LogP contribution in [0.25, 0.3) is 0 Å². The van der Waals surface area contributed by atoms with Crippen molar-refractivity contribution in [3.05, 3.63) is 95.3 Å². The van der Waals surface area contributed by atoms with Crippen LogP contribution in [0.4, 0.5) is 14.5 Å². The summed E-state index contributed by atoms with van der Waals surface area (Å²) in [5.41, 5.74) is 0.648. The van der Waals surface area contributed by atoms with Crippen LogP contribution in [0.15, 0.2) is 67.0 Å². The number of fused-ring (bicyclic) bond motifs is 2. The maximum absolute atomic E-state index is 14.3. The molecule has 1 saturated heterocycles. The summed E-state index contributed by atoms with van der Waals surface area (Å²) in [4.78, 5) is 33.1. The summed E-state index contributed by atoms with van der Waals surface area (Å²) in [6, 6.07) is 13.4. The van der Waals surface area contributed by atoms with E-state index in [2.05, 4.69) is 10.3 Å². The molecule has 3 heterocycles. The molecule has 1 aromatic heterocycles. The molecule has 7 heteroatoms. The number of rotatable bonds is 3. The Morgan fingerprint density at radius 3 is 2.58 bits per heavy atom. The Balaban J connectivity index is 1.74. The van der Waals surface area contributed by atoms with E-state index in [1.165, 1.54) is 36.5 Å². The summed E-state index contributed by atoms with van der Waals surface area (Å²) in [7, 11) is 1.76. The van der Waals surface area contributed by atoms with Gasteiger partial charge in [-0.1, -0.05) is 12.1 Å². The van der Waals surface area contributed by atoms with Crippen LogP contribution in [0.3, 0.4) is 0 Å². The molecule has 1 N–H and O–H groups in total. The van der Waals surface area contributed by atoms with Crippen molar-refractivity contribution in [3.63, 3.8) is 0 Å². The topological polar surface area (TPSA) is 62.3 Å². The predicted octanol–water partition coefficient (Wildman–Crippen LogP) is 3.74. The highest BCUT2D eigenvalue weighted by Crippen LogP contribution is 2.55. The molecule has 1 amide bonds. The molecule has 0 aliphatic carbocycles. The summed E-state index contributed by atoms with van der Waals surface area (Å²) in [6.45, 7) is 0.367. The predicted molar refractivity (Wildman–Crippen MR) is 111 cm³/mol. The number of nitrogens with zero attached hydrogens (tertiary/aromatic N) is 2. The van der Waals surface area contributed by atoms with Crippen LogP contribution in [-0.4, -0.2) is 35.2 Å². The normalized spacial score (nSPS) is 24.9. The van der Waals surface area contributed by atoms with Gasteiger partial charge in [-0.2, -0.15) is 0 Å². The smallest absolute Gasteiger partial charge is 0.250 e. The number of Topliss-reactive ketones (excluding diaryl/α,β-unsaturated/α-hetero) is 1. The number of amides is 1. The molecule has 0 bridgehead atoms. The first-order valence-corrected chi connectivity index (χ1v) is 9.95. The molecule has 1 spiro atoms. The molecule has 156 valence electrons. The summed E-state index contributed by atoms with van der Waals surface area (Å²) >= 11 is 0. The largest absolute Gasteiger partial charge is 0.324 e. The third-order valence-corrected chi connectivity index (χ3v) is 6.44. The van der Waals surface area contributed by atoms with Crippen molar-refractivity contribution in [2.75, 3.05) is 18.9 Å². The molecule has 2 aromatic carbocycles. The SMILES string of the molecule is CN1CC(c2ccc(F)cc2)C(C(=O)c2cccnc2)C12C(=O)Nc1ccc(F)cc12. The average molecular weight is 419 g/mol. The van der Waals surface area contributed by atoms with E-state index in [0.29, 0.717) is 23.4 Å². The number of aromatic nitrogens is 1. The summed E-state index contributed by atoms with van der Waals surface area (Å²) < 4.78 is 27.9. The van der Waals surface area contributed by atoms with Gasteiger partial charge in [0.05, 0.1) is 5.92 Å². The van der Waals surface area contributed by atoms with Gasteiger partial charge in [0.1, 0.15) is 17.2 Å². The lowest BCUT2D eigenvalue weighted by Crippen LogP contribution is -2.51. The van der Waals surface area contributed by atoms with E-state index < -0.39 is 23.2 Å². The second-order valence-corrected chi connectivity index (χ2v) is 8.03. The van der Waals surface area contributed by atoms with Gasteiger partial charge in [0.25, 0.3) is 0 Å². The molecule has 5 nitrogen and oxygen atoms in total. The van der Waals surface area contributed by atoms with E-state index in [1.807, 2.05) is 0 Å². The lowest BCUT2D eigenvalue weighted by atomic mass is 9.70. The molecule has 3 atom stereocenters. The fraction of sp³-hybridized carbons (Fsp3) is 0.208. The van der Waals surface area contributed by atoms with Gasteiger partial charge in [0.15, 0.2) is 5.78 Å². The van der Waals surface area contributed by atoms with Gasteiger partial charge in [-0.3, -0.25) is 19.5 Å². The number of pyridine rings is 1. The zero-order valence-corrected chi connectivity index (χ0v) is 16.7. The summed E-state index contributed by atoms with van der Waals surface area (Å²) in [6.07, 6.45) is 3.03. The van der Waals surface area contributed by atoms with Crippen LogP contribution in [0.2, 0.25) is 0 Å². The minimum Gasteiger partial charge on any atom is -0.324 e. The number of hydrogen-bond donors (Lipinski definition) is 1. The Kier molecular flexibility index (Phi) is 4.44. The lowest BCUT2D eigenvalue weighted by Gasteiger charge is -2.35. The van der Waals surface area contributed by atoms with Crippen molar-refractivity contribution in [1.82, 2.24) is 9.88 Å². The Morgan fingerprint density at radius 2 is 1.87 bits per heavy atom. The molecular formula is C24H19F2N3O2. The number of hydrogen-bond acceptors (Lipinski definition) is 4. The van der Waals surface area contributed by atoms with Gasteiger partial charge in [0.2, 0.25) is 5.91 Å². The molecule has 0 radical (unpaired) electrons. The van der Waals surface area contributed by atoms with Gasteiger partial charge >= 0.3 is 0 Å². The Labute approximate surface area is 177 Å². The van der Waals surface area contributed by atoms with Crippen molar-refractivity contribution >= 4 is 17.4 Å².